The standard InChI is InChI=1S/C18H14N6S/c1-12-19-18(25)23-24(12)17-20-15(13-8-4-2-5-9-13)16(21-22-17)14-10-6-3-7-11-14/h2-11H,1H3,(H,23,25). The minimum atomic E-state index is 0.384. The number of nitrogens with zero attached hydrogens (tertiary/aromatic N) is 5. The van der Waals surface area contributed by atoms with Crippen LogP contribution in [0.2, 0.25) is 0 Å². The van der Waals surface area contributed by atoms with Crippen LogP contribution in [0.5, 0.6) is 0 Å². The minimum Gasteiger partial charge on any atom is -0.264 e. The van der Waals surface area contributed by atoms with E-state index in [0.717, 1.165) is 22.5 Å². The minimum absolute atomic E-state index is 0.384. The van der Waals surface area contributed by atoms with Crippen LogP contribution in [-0.4, -0.2) is 29.9 Å². The van der Waals surface area contributed by atoms with Gasteiger partial charge in [-0.15, -0.1) is 10.2 Å². The number of benzene rings is 2. The van der Waals surface area contributed by atoms with Crippen molar-refractivity contribution in [2.24, 2.45) is 0 Å². The Morgan fingerprint density at radius 2 is 1.40 bits per heavy atom. The van der Waals surface area contributed by atoms with Crippen molar-refractivity contribution in [3.63, 3.8) is 0 Å². The molecule has 0 fully saturated rings. The van der Waals surface area contributed by atoms with E-state index in [0.29, 0.717) is 16.5 Å². The number of rotatable bonds is 3. The Kier molecular flexibility index (Phi) is 3.91. The van der Waals surface area contributed by atoms with Crippen LogP contribution in [0.15, 0.2) is 60.7 Å². The summed E-state index contributed by atoms with van der Waals surface area (Å²) in [5.41, 5.74) is 3.41. The Balaban J connectivity index is 1.95. The summed E-state index contributed by atoms with van der Waals surface area (Å²) in [5.74, 6) is 1.08. The molecular formula is C18H14N6S. The monoisotopic (exact) mass is 346 g/mol. The maximum absolute atomic E-state index is 5.09. The zero-order chi connectivity index (χ0) is 17.2. The van der Waals surface area contributed by atoms with Gasteiger partial charge in [0, 0.05) is 11.1 Å². The highest BCUT2D eigenvalue weighted by Crippen LogP contribution is 2.28. The molecule has 0 unspecified atom stereocenters. The van der Waals surface area contributed by atoms with Crippen molar-refractivity contribution in [1.82, 2.24) is 29.9 Å². The molecule has 7 heteroatoms. The molecular weight excluding hydrogens is 332 g/mol. The lowest BCUT2D eigenvalue weighted by Crippen LogP contribution is -2.09. The molecule has 0 saturated carbocycles. The van der Waals surface area contributed by atoms with E-state index in [2.05, 4.69) is 20.3 Å². The first-order valence-corrected chi connectivity index (χ1v) is 8.15. The van der Waals surface area contributed by atoms with Crippen molar-refractivity contribution < 1.29 is 0 Å². The average Bonchev–Trinajstić information content (AvgIpc) is 3.01. The summed E-state index contributed by atoms with van der Waals surface area (Å²) in [6.07, 6.45) is 0. The molecule has 6 nitrogen and oxygen atoms in total. The summed E-state index contributed by atoms with van der Waals surface area (Å²) in [7, 11) is 0. The second kappa shape index (κ2) is 6.37. The first kappa shape index (κ1) is 15.3. The van der Waals surface area contributed by atoms with Crippen LogP contribution in [0.4, 0.5) is 0 Å². The smallest absolute Gasteiger partial charge is 0.264 e. The molecule has 4 rings (SSSR count). The topological polar surface area (TPSA) is 72.3 Å². The van der Waals surface area contributed by atoms with Gasteiger partial charge >= 0.3 is 0 Å². The summed E-state index contributed by atoms with van der Waals surface area (Å²) in [4.78, 5) is 8.92. The SMILES string of the molecule is Cc1nc(=S)[nH]n1-c1nnc(-c2ccccc2)c(-c2ccccc2)n1. The fraction of sp³-hybridized carbons (Fsp3) is 0.0556. The third-order valence-electron chi connectivity index (χ3n) is 3.76. The Hall–Kier alpha value is -3.19. The van der Waals surface area contributed by atoms with Crippen molar-refractivity contribution >= 4 is 12.2 Å². The number of aryl methyl sites for hydroxylation is 1. The first-order valence-electron chi connectivity index (χ1n) is 7.74. The van der Waals surface area contributed by atoms with Crippen molar-refractivity contribution in [1.29, 1.82) is 0 Å². The summed E-state index contributed by atoms with van der Waals surface area (Å²) in [5, 5.41) is 11.7. The van der Waals surface area contributed by atoms with Crippen LogP contribution in [0.1, 0.15) is 5.82 Å². The third-order valence-corrected chi connectivity index (χ3v) is 3.95. The van der Waals surface area contributed by atoms with E-state index >= 15 is 0 Å². The lowest BCUT2D eigenvalue weighted by Gasteiger charge is -2.10. The predicted molar refractivity (Wildman–Crippen MR) is 97.7 cm³/mol. The van der Waals surface area contributed by atoms with Gasteiger partial charge in [0.05, 0.1) is 0 Å². The Labute approximate surface area is 149 Å². The van der Waals surface area contributed by atoms with Crippen LogP contribution >= 0.6 is 12.2 Å². The fourth-order valence-electron chi connectivity index (χ4n) is 2.59. The third kappa shape index (κ3) is 2.97. The molecule has 0 spiro atoms. The molecule has 1 N–H and O–H groups in total. The largest absolute Gasteiger partial charge is 0.270 e. The molecule has 0 saturated heterocycles. The summed E-state index contributed by atoms with van der Waals surface area (Å²) < 4.78 is 2.02. The van der Waals surface area contributed by atoms with Gasteiger partial charge in [-0.2, -0.15) is 0 Å². The van der Waals surface area contributed by atoms with Crippen molar-refractivity contribution in [3.8, 4) is 28.5 Å². The number of hydrogen-bond donors (Lipinski definition) is 1. The van der Waals surface area contributed by atoms with E-state index in [9.17, 15) is 0 Å². The summed E-state index contributed by atoms with van der Waals surface area (Å²) in [6, 6.07) is 19.8. The van der Waals surface area contributed by atoms with Crippen molar-refractivity contribution in [2.75, 3.05) is 0 Å². The van der Waals surface area contributed by atoms with Gasteiger partial charge in [0.1, 0.15) is 17.2 Å². The Bertz CT molecular complexity index is 1070. The van der Waals surface area contributed by atoms with E-state index in [1.54, 1.807) is 4.68 Å². The molecule has 0 amide bonds. The van der Waals surface area contributed by atoms with Crippen LogP contribution in [-0.2, 0) is 0 Å². The van der Waals surface area contributed by atoms with E-state index < -0.39 is 0 Å². The second-order valence-corrected chi connectivity index (χ2v) is 5.84. The summed E-state index contributed by atoms with van der Waals surface area (Å²) in [6.45, 7) is 1.84. The van der Waals surface area contributed by atoms with Crippen LogP contribution in [0, 0.1) is 11.7 Å². The molecule has 0 bridgehead atoms. The number of hydrogen-bond acceptors (Lipinski definition) is 5. The lowest BCUT2D eigenvalue weighted by atomic mass is 10.0. The quantitative estimate of drug-likeness (QED) is 0.572. The normalized spacial score (nSPS) is 10.8. The predicted octanol–water partition coefficient (Wildman–Crippen LogP) is 3.76. The molecule has 0 atom stereocenters. The molecule has 0 aliphatic carbocycles. The Morgan fingerprint density at radius 3 is 1.96 bits per heavy atom. The van der Waals surface area contributed by atoms with Crippen LogP contribution < -0.4 is 0 Å². The molecule has 122 valence electrons. The zero-order valence-corrected chi connectivity index (χ0v) is 14.2. The van der Waals surface area contributed by atoms with Gasteiger partial charge in [-0.25, -0.2) is 14.6 Å². The van der Waals surface area contributed by atoms with Crippen molar-refractivity contribution in [3.05, 3.63) is 71.3 Å². The van der Waals surface area contributed by atoms with Crippen LogP contribution in [0.25, 0.3) is 28.5 Å². The van der Waals surface area contributed by atoms with Gasteiger partial charge in [-0.05, 0) is 19.1 Å². The highest BCUT2D eigenvalue weighted by molar-refractivity contribution is 7.71. The molecule has 0 aliphatic rings. The van der Waals surface area contributed by atoms with E-state index in [-0.39, 0.29) is 0 Å². The molecule has 0 aliphatic heterocycles. The molecule has 2 aromatic heterocycles. The fourth-order valence-corrected chi connectivity index (χ4v) is 2.82. The molecule has 25 heavy (non-hydrogen) atoms. The highest BCUT2D eigenvalue weighted by atomic mass is 32.1. The van der Waals surface area contributed by atoms with Crippen LogP contribution in [0.3, 0.4) is 0 Å². The number of H-pyrrole nitrogens is 1. The average molecular weight is 346 g/mol. The zero-order valence-electron chi connectivity index (χ0n) is 13.4. The van der Waals surface area contributed by atoms with Gasteiger partial charge in [0.25, 0.3) is 5.95 Å². The van der Waals surface area contributed by atoms with Gasteiger partial charge in [-0.1, -0.05) is 60.7 Å². The second-order valence-electron chi connectivity index (χ2n) is 5.45. The molecule has 4 aromatic rings. The maximum atomic E-state index is 5.09. The van der Waals surface area contributed by atoms with Crippen molar-refractivity contribution in [2.45, 2.75) is 6.92 Å². The van der Waals surface area contributed by atoms with Gasteiger partial charge in [-0.3, -0.25) is 5.10 Å². The number of nitrogens with one attached hydrogen (secondary N) is 1. The first-order chi connectivity index (χ1) is 12.2. The summed E-state index contributed by atoms with van der Waals surface area (Å²) >= 11 is 5.09. The highest BCUT2D eigenvalue weighted by Gasteiger charge is 2.15. The van der Waals surface area contributed by atoms with E-state index in [1.165, 1.54) is 0 Å². The Morgan fingerprint density at radius 1 is 0.800 bits per heavy atom. The number of aromatic amines is 1. The van der Waals surface area contributed by atoms with Gasteiger partial charge < -0.3 is 0 Å². The lowest BCUT2D eigenvalue weighted by molar-refractivity contribution is 0.750. The molecule has 2 aromatic carbocycles. The molecule has 0 radical (unpaired) electrons. The van der Waals surface area contributed by atoms with E-state index in [4.69, 9.17) is 17.2 Å². The van der Waals surface area contributed by atoms with Gasteiger partial charge in [0.2, 0.25) is 4.77 Å². The van der Waals surface area contributed by atoms with Gasteiger partial charge in [0.15, 0.2) is 0 Å². The maximum Gasteiger partial charge on any atom is 0.270 e. The molecule has 2 heterocycles. The van der Waals surface area contributed by atoms with E-state index in [1.807, 2.05) is 67.6 Å². The number of aromatic nitrogens is 6.